The van der Waals surface area contributed by atoms with Crippen molar-refractivity contribution in [3.8, 4) is 0 Å². The van der Waals surface area contributed by atoms with Gasteiger partial charge in [-0.2, -0.15) is 0 Å². The minimum atomic E-state index is 1.02. The van der Waals surface area contributed by atoms with Gasteiger partial charge in [-0.05, 0) is 86.8 Å². The Morgan fingerprint density at radius 2 is 0.909 bits per heavy atom. The molecule has 0 saturated carbocycles. The van der Waals surface area contributed by atoms with Crippen LogP contribution in [0.5, 0.6) is 0 Å². The molecule has 0 bridgehead atoms. The molecule has 0 saturated heterocycles. The normalized spacial score (nSPS) is 13.2. The number of rotatable bonds is 21. The molecular weight excluding hydrogens is 579 g/mol. The fourth-order valence-corrected chi connectivity index (χ4v) is 6.60. The molecule has 44 heavy (non-hydrogen) atoms. The van der Waals surface area contributed by atoms with Gasteiger partial charge in [-0.25, -0.2) is 4.70 Å². The van der Waals surface area contributed by atoms with Crippen LogP contribution in [0, 0.1) is 0 Å². The third kappa shape index (κ3) is 12.8. The quantitative estimate of drug-likeness (QED) is 0.0735. The van der Waals surface area contributed by atoms with Gasteiger partial charge in [0.15, 0.2) is 0 Å². The summed E-state index contributed by atoms with van der Waals surface area (Å²) in [5, 5.41) is 2.56. The van der Waals surface area contributed by atoms with E-state index in [1.807, 2.05) is 14.4 Å². The van der Waals surface area contributed by atoms with Crippen LogP contribution in [0.2, 0.25) is 10.8 Å². The maximum absolute atomic E-state index is 12.0. The third-order valence-corrected chi connectivity index (χ3v) is 9.51. The van der Waals surface area contributed by atoms with E-state index in [9.17, 15) is 5.53 Å². The van der Waals surface area contributed by atoms with Gasteiger partial charge in [0.1, 0.15) is 0 Å². The van der Waals surface area contributed by atoms with Gasteiger partial charge < -0.3 is 5.53 Å². The summed E-state index contributed by atoms with van der Waals surface area (Å²) in [6, 6.07) is 18.0. The van der Waals surface area contributed by atoms with Gasteiger partial charge in [-0.15, -0.1) is 0 Å². The molecule has 0 aromatic heterocycles. The molecule has 1 aliphatic rings. The molecule has 0 aliphatic carbocycles. The molecule has 1 heterocycles. The summed E-state index contributed by atoms with van der Waals surface area (Å²) >= 11 is 1.82. The van der Waals surface area contributed by atoms with Crippen molar-refractivity contribution in [1.82, 2.24) is 0 Å². The van der Waals surface area contributed by atoms with Crippen LogP contribution >= 0.6 is 0 Å². The molecule has 0 amide bonds. The van der Waals surface area contributed by atoms with E-state index < -0.39 is 0 Å². The fourth-order valence-electron chi connectivity index (χ4n) is 6.11. The van der Waals surface area contributed by atoms with Crippen molar-refractivity contribution in [1.29, 1.82) is 0 Å². The van der Waals surface area contributed by atoms with Gasteiger partial charge in [0.25, 0.3) is 0 Å². The van der Waals surface area contributed by atoms with Crippen molar-refractivity contribution in [3.05, 3.63) is 87.5 Å². The molecule has 0 N–H and O–H groups in total. The zero-order valence-corrected chi connectivity index (χ0v) is 30.3. The Labute approximate surface area is 278 Å². The van der Waals surface area contributed by atoms with Gasteiger partial charge in [0.05, 0.1) is 0 Å². The minimum absolute atomic E-state index is 1.02. The number of hydrogen-bond acceptors (Lipinski definition) is 0. The summed E-state index contributed by atoms with van der Waals surface area (Å²) in [6.45, 7) is 13.5. The molecule has 2 aromatic rings. The molecular formula is C41H64N2Ni. The fraction of sp³-hybridized carbons (Fsp3) is 0.610. The van der Waals surface area contributed by atoms with Crippen molar-refractivity contribution in [2.75, 3.05) is 0 Å². The molecule has 0 atom stereocenters. The molecule has 0 spiro atoms. The van der Waals surface area contributed by atoms with Gasteiger partial charge in [-0.3, -0.25) is 0 Å². The molecule has 2 nitrogen and oxygen atoms in total. The van der Waals surface area contributed by atoms with E-state index in [2.05, 4.69) is 90.1 Å². The molecule has 1 aliphatic heterocycles. The first-order valence-electron chi connectivity index (χ1n) is 18.1. The Kier molecular flexibility index (Phi) is 20.3. The number of benzene rings is 2. The van der Waals surface area contributed by atoms with Crippen LogP contribution in [0.4, 0.5) is 0 Å². The number of nitrogens with zero attached hydrogens (tertiary/aromatic N) is 2. The Hall–Kier alpha value is -1.99. The second kappa shape index (κ2) is 23.4. The number of allylic oxidation sites excluding steroid dienone is 2. The Morgan fingerprint density at radius 1 is 0.500 bits per heavy atom. The van der Waals surface area contributed by atoms with E-state index in [1.54, 1.807) is 4.70 Å². The molecule has 3 rings (SSSR count). The first-order chi connectivity index (χ1) is 21.6. The predicted molar refractivity (Wildman–Crippen MR) is 191 cm³/mol. The van der Waals surface area contributed by atoms with E-state index in [0.29, 0.717) is 0 Å². The van der Waals surface area contributed by atoms with Gasteiger partial charge >= 0.3 is 39.1 Å². The standard InChI is InChI=1S/C37H54N2.2C2H5.Ni/c1-5-9-13-16-21-31-23-19-25-33(29-31)37-35(27-17-14-10-6-2)34(26-12-8-4)36(39(37)38)32-24-18-22-30(28-32)20-15-11-7-3;2*1-2;/h18-19,22-25,28-29H,5-17,20-21,26-27H2,1-4H3;2*1H2,2H3;. The van der Waals surface area contributed by atoms with Gasteiger partial charge in [0, 0.05) is 22.3 Å². The molecule has 248 valence electrons. The van der Waals surface area contributed by atoms with Crippen molar-refractivity contribution >= 4 is 11.4 Å². The van der Waals surface area contributed by atoms with Crippen LogP contribution in [-0.4, -0.2) is 4.70 Å². The van der Waals surface area contributed by atoms with Crippen LogP contribution in [0.25, 0.3) is 16.9 Å². The summed E-state index contributed by atoms with van der Waals surface area (Å²) in [6.07, 6.45) is 20.4. The average Bonchev–Trinajstić information content (AvgIpc) is 3.32. The van der Waals surface area contributed by atoms with Crippen molar-refractivity contribution in [3.63, 3.8) is 0 Å². The van der Waals surface area contributed by atoms with E-state index in [0.717, 1.165) is 55.5 Å². The first-order valence-corrected chi connectivity index (χ1v) is 19.5. The van der Waals surface area contributed by atoms with Gasteiger partial charge in [-0.1, -0.05) is 110 Å². The first kappa shape index (κ1) is 38.2. The summed E-state index contributed by atoms with van der Waals surface area (Å²) in [7, 11) is 0. The van der Waals surface area contributed by atoms with E-state index in [1.165, 1.54) is 109 Å². The Bertz CT molecular complexity index is 1160. The van der Waals surface area contributed by atoms with Crippen LogP contribution in [0.15, 0.2) is 59.7 Å². The molecule has 0 unspecified atom stereocenters. The average molecular weight is 644 g/mol. The zero-order valence-electron chi connectivity index (χ0n) is 29.3. The van der Waals surface area contributed by atoms with Crippen LogP contribution in [0.3, 0.4) is 0 Å². The number of hydrogen-bond donors (Lipinski definition) is 0. The second-order valence-electron chi connectivity index (χ2n) is 12.2. The van der Waals surface area contributed by atoms with Crippen LogP contribution < -0.4 is 0 Å². The second-order valence-corrected chi connectivity index (χ2v) is 14.0. The zero-order chi connectivity index (χ0) is 32.0. The van der Waals surface area contributed by atoms with E-state index in [-0.39, 0.29) is 0 Å². The van der Waals surface area contributed by atoms with Crippen molar-refractivity contribution in [2.24, 2.45) is 0 Å². The number of aryl methyl sites for hydroxylation is 2. The number of unbranched alkanes of at least 4 members (excludes halogenated alkanes) is 9. The van der Waals surface area contributed by atoms with E-state index in [4.69, 9.17) is 0 Å². The summed E-state index contributed by atoms with van der Waals surface area (Å²) in [4.78, 5) is 0. The maximum atomic E-state index is 12.0. The van der Waals surface area contributed by atoms with Crippen LogP contribution in [-0.2, 0) is 27.3 Å². The Morgan fingerprint density at radius 3 is 1.34 bits per heavy atom. The van der Waals surface area contributed by atoms with Crippen molar-refractivity contribution in [2.45, 2.75) is 161 Å². The topological polar surface area (TPSA) is 25.3 Å². The summed E-state index contributed by atoms with van der Waals surface area (Å²) in [5.74, 6) is 0. The third-order valence-electron chi connectivity index (χ3n) is 8.53. The van der Waals surface area contributed by atoms with Gasteiger partial charge in [0.2, 0.25) is 11.4 Å². The summed E-state index contributed by atoms with van der Waals surface area (Å²) < 4.78 is 1.57. The predicted octanol–water partition coefficient (Wildman–Crippen LogP) is 13.8. The summed E-state index contributed by atoms with van der Waals surface area (Å²) in [5.41, 5.74) is 21.8. The molecule has 3 heteroatoms. The van der Waals surface area contributed by atoms with E-state index >= 15 is 0 Å². The monoisotopic (exact) mass is 642 g/mol. The molecule has 0 radical (unpaired) electrons. The SMILES string of the molecule is CCCCCCC1=C(c2cccc(CCCCCC)c2)[N+](=[N-])C(c2cccc(CCCCC)c2)=C1CCCC.C[CH2][Ni][CH2]C. The van der Waals surface area contributed by atoms with Crippen molar-refractivity contribution < 1.29 is 19.1 Å². The molecule has 0 fully saturated rings. The van der Waals surface area contributed by atoms with Crippen LogP contribution in [0.1, 0.15) is 160 Å². The Balaban J connectivity index is 0.00000125. The molecule has 2 aromatic carbocycles.